The van der Waals surface area contributed by atoms with Crippen LogP contribution in [-0.2, 0) is 28.7 Å². The summed E-state index contributed by atoms with van der Waals surface area (Å²) in [4.78, 5) is 70.5. The smallest absolute Gasteiger partial charge is 0.249 e. The number of fused-ring (bicyclic) bond motifs is 3. The van der Waals surface area contributed by atoms with Gasteiger partial charge in [-0.2, -0.15) is 0 Å². The first-order valence-corrected chi connectivity index (χ1v) is 18.6. The first kappa shape index (κ1) is 38.7. The molecule has 272 valence electrons. The van der Waals surface area contributed by atoms with Gasteiger partial charge in [0.2, 0.25) is 17.7 Å². The molecule has 3 fully saturated rings. The van der Waals surface area contributed by atoms with Crippen LogP contribution in [0.15, 0.2) is 30.3 Å². The number of ether oxygens (including phenoxy) is 1. The number of amides is 3. The van der Waals surface area contributed by atoms with Gasteiger partial charge in [0.15, 0.2) is 11.6 Å². The summed E-state index contributed by atoms with van der Waals surface area (Å²) in [5, 5.41) is 14.2. The highest BCUT2D eigenvalue weighted by Crippen LogP contribution is 2.44. The third-order valence-electron chi connectivity index (χ3n) is 10.8. The van der Waals surface area contributed by atoms with Gasteiger partial charge in [-0.3, -0.25) is 24.0 Å². The Balaban J connectivity index is 1.47. The van der Waals surface area contributed by atoms with Crippen LogP contribution in [0.25, 0.3) is 0 Å². The topological polar surface area (TPSA) is 133 Å². The highest BCUT2D eigenvalue weighted by atomic mass is 16.5. The monoisotopic (exact) mass is 681 g/mol. The number of aliphatic hydroxyl groups excluding tert-OH is 1. The normalized spacial score (nSPS) is 28.1. The van der Waals surface area contributed by atoms with E-state index in [1.54, 1.807) is 43.3 Å². The third kappa shape index (κ3) is 10.5. The van der Waals surface area contributed by atoms with Crippen LogP contribution in [0.2, 0.25) is 0 Å². The summed E-state index contributed by atoms with van der Waals surface area (Å²) in [5.74, 6) is -2.33. The predicted octanol–water partition coefficient (Wildman–Crippen LogP) is 5.16. The number of ketones is 2. The Morgan fingerprint density at radius 2 is 1.57 bits per heavy atom. The molecule has 3 aliphatic heterocycles. The molecule has 0 aliphatic carbocycles. The van der Waals surface area contributed by atoms with Crippen LogP contribution >= 0.6 is 0 Å². The van der Waals surface area contributed by atoms with E-state index in [-0.39, 0.29) is 54.8 Å². The lowest BCUT2D eigenvalue weighted by atomic mass is 9.82. The molecule has 0 radical (unpaired) electrons. The van der Waals surface area contributed by atoms with E-state index in [2.05, 4.69) is 5.32 Å². The second-order valence-corrected chi connectivity index (χ2v) is 15.5. The summed E-state index contributed by atoms with van der Waals surface area (Å²) in [6.07, 6.45) is 8.16. The van der Waals surface area contributed by atoms with E-state index in [0.29, 0.717) is 24.9 Å². The zero-order valence-corrected chi connectivity index (χ0v) is 30.3. The summed E-state index contributed by atoms with van der Waals surface area (Å²) >= 11 is 0. The second-order valence-electron chi connectivity index (χ2n) is 15.5. The van der Waals surface area contributed by atoms with Gasteiger partial charge in [0.25, 0.3) is 0 Å². The number of Topliss-reactive ketones (excluding diaryl/α,β-unsaturated/α-hetero) is 2. The molecular weight excluding hydrogens is 622 g/mol. The Bertz CT molecular complexity index is 1300. The fourth-order valence-corrected chi connectivity index (χ4v) is 8.06. The highest BCUT2D eigenvalue weighted by molar-refractivity contribution is 5.93. The molecular formula is C39H59N3O7. The number of nitrogens with zero attached hydrogens (tertiary/aromatic N) is 2. The van der Waals surface area contributed by atoms with Gasteiger partial charge in [-0.25, -0.2) is 0 Å². The van der Waals surface area contributed by atoms with Crippen LogP contribution in [0.1, 0.15) is 122 Å². The minimum atomic E-state index is -1.41. The lowest BCUT2D eigenvalue weighted by molar-refractivity contribution is -0.143. The lowest BCUT2D eigenvalue weighted by Gasteiger charge is -2.32. The maximum Gasteiger partial charge on any atom is 0.249 e. The molecule has 3 heterocycles. The maximum atomic E-state index is 14.3. The maximum absolute atomic E-state index is 14.3. The zero-order valence-electron chi connectivity index (χ0n) is 30.3. The van der Waals surface area contributed by atoms with Crippen molar-refractivity contribution >= 4 is 29.3 Å². The van der Waals surface area contributed by atoms with Crippen LogP contribution in [0.5, 0.6) is 0 Å². The second kappa shape index (κ2) is 17.7. The molecule has 0 aromatic heterocycles. The lowest BCUT2D eigenvalue weighted by Crippen LogP contribution is -2.47. The van der Waals surface area contributed by atoms with Crippen LogP contribution in [0.3, 0.4) is 0 Å². The number of rotatable bonds is 8. The van der Waals surface area contributed by atoms with Crippen LogP contribution in [0, 0.1) is 17.8 Å². The fourth-order valence-electron chi connectivity index (χ4n) is 8.06. The molecule has 0 bridgehead atoms. The number of carbonyl (C=O) groups is 5. The summed E-state index contributed by atoms with van der Waals surface area (Å²) in [5.41, 5.74) is 0.240. The standard InChI is InChI=1S/C39H59N3O7/c1-26-17-13-10-8-6-7-9-11-14-20-28(23-31(44)35-29-24-39(2,3)49-32(29)25-42(35)37(26)47)36(46)30(43)21-22-33(45)40-34(38(48)41(4)5)27-18-15-12-16-19-27/h12,15-16,18-19,26,28-29,32,34-36,46H,6-11,13-14,17,20-25H2,1-5H3,(H,40,45)/t26-,28+,29-,32?,34-,35?,36?/m0/s1. The van der Waals surface area contributed by atoms with Crippen molar-refractivity contribution in [3.8, 4) is 0 Å². The van der Waals surface area contributed by atoms with Crippen molar-refractivity contribution in [1.29, 1.82) is 0 Å². The van der Waals surface area contributed by atoms with Crippen molar-refractivity contribution in [2.24, 2.45) is 17.8 Å². The molecule has 49 heavy (non-hydrogen) atoms. The van der Waals surface area contributed by atoms with E-state index in [1.807, 2.05) is 26.8 Å². The van der Waals surface area contributed by atoms with Gasteiger partial charge < -0.3 is 25.0 Å². The zero-order chi connectivity index (χ0) is 35.7. The Hall–Kier alpha value is -3.11. The van der Waals surface area contributed by atoms with Gasteiger partial charge in [-0.05, 0) is 44.6 Å². The third-order valence-corrected chi connectivity index (χ3v) is 10.8. The largest absolute Gasteiger partial charge is 0.385 e. The predicted molar refractivity (Wildman–Crippen MR) is 187 cm³/mol. The Kier molecular flexibility index (Phi) is 14.0. The quantitative estimate of drug-likeness (QED) is 0.387. The number of hydrogen-bond donors (Lipinski definition) is 2. The van der Waals surface area contributed by atoms with Crippen LogP contribution in [-0.4, -0.2) is 88.7 Å². The number of likely N-dealkylation sites (N-methyl/N-ethyl adjacent to an activating group) is 1. The number of aliphatic hydroxyl groups is 1. The van der Waals surface area contributed by atoms with Crippen molar-refractivity contribution in [3.05, 3.63) is 35.9 Å². The first-order valence-electron chi connectivity index (χ1n) is 18.6. The molecule has 2 N–H and O–H groups in total. The van der Waals surface area contributed by atoms with E-state index in [0.717, 1.165) is 57.8 Å². The number of benzene rings is 1. The molecule has 0 spiro atoms. The molecule has 3 amide bonds. The van der Waals surface area contributed by atoms with Crippen molar-refractivity contribution in [1.82, 2.24) is 15.1 Å². The molecule has 3 aliphatic rings. The molecule has 0 saturated carbocycles. The Morgan fingerprint density at radius 1 is 0.959 bits per heavy atom. The summed E-state index contributed by atoms with van der Waals surface area (Å²) in [6.45, 7) is 6.37. The van der Waals surface area contributed by atoms with Gasteiger partial charge >= 0.3 is 0 Å². The highest BCUT2D eigenvalue weighted by Gasteiger charge is 2.55. The average molecular weight is 682 g/mol. The van der Waals surface area contributed by atoms with Gasteiger partial charge in [0.05, 0.1) is 17.7 Å². The number of nitrogens with one attached hydrogen (secondary N) is 1. The molecule has 7 atom stereocenters. The van der Waals surface area contributed by atoms with Gasteiger partial charge in [0, 0.05) is 51.7 Å². The molecule has 3 saturated heterocycles. The minimum absolute atomic E-state index is 0.0146. The molecule has 1 aromatic carbocycles. The van der Waals surface area contributed by atoms with E-state index in [9.17, 15) is 29.1 Å². The molecule has 10 nitrogen and oxygen atoms in total. The average Bonchev–Trinajstić information content (AvgIpc) is 3.56. The summed E-state index contributed by atoms with van der Waals surface area (Å²) in [7, 11) is 3.23. The fraction of sp³-hybridized carbons (Fsp3) is 0.718. The van der Waals surface area contributed by atoms with E-state index >= 15 is 0 Å². The van der Waals surface area contributed by atoms with E-state index in [1.165, 1.54) is 4.90 Å². The number of carbonyl (C=O) groups excluding carboxylic acids is 5. The van der Waals surface area contributed by atoms with Gasteiger partial charge in [-0.15, -0.1) is 0 Å². The van der Waals surface area contributed by atoms with Crippen LogP contribution < -0.4 is 5.32 Å². The summed E-state index contributed by atoms with van der Waals surface area (Å²) in [6, 6.07) is 7.39. The molecule has 4 rings (SSSR count). The Labute approximate surface area is 292 Å². The van der Waals surface area contributed by atoms with Crippen molar-refractivity contribution in [2.45, 2.75) is 141 Å². The first-order chi connectivity index (χ1) is 23.3. The minimum Gasteiger partial charge on any atom is -0.385 e. The molecule has 3 unspecified atom stereocenters. The van der Waals surface area contributed by atoms with E-state index in [4.69, 9.17) is 4.74 Å². The van der Waals surface area contributed by atoms with Crippen molar-refractivity contribution < 1.29 is 33.8 Å². The molecule has 1 aromatic rings. The van der Waals surface area contributed by atoms with E-state index < -0.39 is 41.4 Å². The summed E-state index contributed by atoms with van der Waals surface area (Å²) < 4.78 is 6.32. The van der Waals surface area contributed by atoms with Crippen molar-refractivity contribution in [3.63, 3.8) is 0 Å². The molecule has 10 heteroatoms. The van der Waals surface area contributed by atoms with Crippen LogP contribution in [0.4, 0.5) is 0 Å². The van der Waals surface area contributed by atoms with Gasteiger partial charge in [-0.1, -0.05) is 88.6 Å². The SMILES string of the molecule is C[C@H]1CCCCCCCCCC[C@@H](C(O)C(=O)CCC(=O)N[C@H](C(=O)N(C)C)c2ccccc2)CC(=O)C2[C@H]3CC(C)(C)OC3CN2C1=O. The van der Waals surface area contributed by atoms with Gasteiger partial charge in [0.1, 0.15) is 12.1 Å². The Morgan fingerprint density at radius 3 is 2.20 bits per heavy atom. The number of hydrogen-bond acceptors (Lipinski definition) is 7. The van der Waals surface area contributed by atoms with Crippen molar-refractivity contribution in [2.75, 3.05) is 20.6 Å².